The van der Waals surface area contributed by atoms with Gasteiger partial charge in [-0.05, 0) is 50.4 Å². The normalized spacial score (nSPS) is 18.0. The van der Waals surface area contributed by atoms with Crippen LogP contribution in [0.15, 0.2) is 30.6 Å². The van der Waals surface area contributed by atoms with E-state index >= 15 is 0 Å². The average molecular weight is 697 g/mol. The first kappa shape index (κ1) is 34.5. The predicted molar refractivity (Wildman–Crippen MR) is 186 cm³/mol. The number of amides is 2. The predicted octanol–water partition coefficient (Wildman–Crippen LogP) is 4.24. The Morgan fingerprint density at radius 2 is 2.02 bits per heavy atom. The SMILES string of the molecule is C[C@@H](NC(=O)c1cn(COCC[Si](C)(C)C)c2ncc(-c3nn(CCOC4CCCCO4)c4cc(Cl)ccc34)nc12)C(=O)N1CC(N)C1. The standard InChI is InChI=1S/C33H45ClN8O5Si/c1-21(33(44)40-17-23(35)18-40)37-32(43)25-19-41(20-45-13-14-48(2,3)4)31-30(25)38-26(16-36-31)29-24-9-8-22(34)15-27(24)42(39-29)10-12-47-28-7-5-6-11-46-28/h8-9,15-16,19,21,23,28H,5-7,10-14,17-18,20,35H2,1-4H3,(H,37,43)/t21-,28?/m1/s1. The van der Waals surface area contributed by atoms with Crippen molar-refractivity contribution in [3.05, 3.63) is 41.2 Å². The van der Waals surface area contributed by atoms with Gasteiger partial charge in [-0.15, -0.1) is 0 Å². The van der Waals surface area contributed by atoms with E-state index in [2.05, 4.69) is 25.0 Å². The van der Waals surface area contributed by atoms with Crippen LogP contribution in [0.1, 0.15) is 36.5 Å². The maximum Gasteiger partial charge on any atom is 0.255 e. The summed E-state index contributed by atoms with van der Waals surface area (Å²) in [4.78, 5) is 38.0. The Morgan fingerprint density at radius 3 is 2.75 bits per heavy atom. The summed E-state index contributed by atoms with van der Waals surface area (Å²) in [6.07, 6.45) is 6.17. The molecule has 2 aliphatic rings. The minimum Gasteiger partial charge on any atom is -0.361 e. The molecule has 0 radical (unpaired) electrons. The van der Waals surface area contributed by atoms with E-state index in [1.165, 1.54) is 0 Å². The Bertz CT molecular complexity index is 1780. The lowest BCUT2D eigenvalue weighted by Crippen LogP contribution is -2.61. The molecule has 48 heavy (non-hydrogen) atoms. The number of rotatable bonds is 13. The van der Waals surface area contributed by atoms with Crippen LogP contribution >= 0.6 is 11.6 Å². The fourth-order valence-electron chi connectivity index (χ4n) is 5.89. The van der Waals surface area contributed by atoms with Crippen LogP contribution in [-0.2, 0) is 32.3 Å². The van der Waals surface area contributed by atoms with Crippen molar-refractivity contribution in [2.24, 2.45) is 5.73 Å². The van der Waals surface area contributed by atoms with E-state index in [9.17, 15) is 9.59 Å². The smallest absolute Gasteiger partial charge is 0.255 e. The van der Waals surface area contributed by atoms with Crippen molar-refractivity contribution in [1.29, 1.82) is 0 Å². The number of ether oxygens (including phenoxy) is 3. The van der Waals surface area contributed by atoms with Crippen molar-refractivity contribution in [1.82, 2.24) is 34.5 Å². The monoisotopic (exact) mass is 696 g/mol. The molecule has 15 heteroatoms. The Hall–Kier alpha value is -3.40. The Balaban J connectivity index is 1.30. The number of benzene rings is 1. The third-order valence-corrected chi connectivity index (χ3v) is 10.6. The highest BCUT2D eigenvalue weighted by molar-refractivity contribution is 6.76. The van der Waals surface area contributed by atoms with Crippen LogP contribution in [0, 0.1) is 0 Å². The summed E-state index contributed by atoms with van der Waals surface area (Å²) < 4.78 is 21.4. The first-order valence-corrected chi connectivity index (χ1v) is 20.7. The highest BCUT2D eigenvalue weighted by Gasteiger charge is 2.32. The molecule has 2 atom stereocenters. The number of fused-ring (bicyclic) bond motifs is 2. The number of halogens is 1. The van der Waals surface area contributed by atoms with Crippen molar-refractivity contribution < 1.29 is 23.8 Å². The zero-order valence-corrected chi connectivity index (χ0v) is 29.8. The molecule has 5 heterocycles. The molecular formula is C33H45ClN8O5Si. The number of aromatic nitrogens is 5. The van der Waals surface area contributed by atoms with Crippen LogP contribution in [0.5, 0.6) is 0 Å². The van der Waals surface area contributed by atoms with E-state index in [-0.39, 0.29) is 25.0 Å². The second-order valence-corrected chi connectivity index (χ2v) is 19.9. The van der Waals surface area contributed by atoms with Gasteiger partial charge in [-0.25, -0.2) is 9.97 Å². The number of hydrogen-bond acceptors (Lipinski definition) is 9. The molecule has 1 aromatic carbocycles. The summed E-state index contributed by atoms with van der Waals surface area (Å²) in [5.74, 6) is -0.604. The molecule has 13 nitrogen and oxygen atoms in total. The van der Waals surface area contributed by atoms with E-state index < -0.39 is 20.0 Å². The molecule has 0 spiro atoms. The molecule has 1 unspecified atom stereocenters. The van der Waals surface area contributed by atoms with Crippen LogP contribution < -0.4 is 11.1 Å². The lowest BCUT2D eigenvalue weighted by atomic mass is 10.1. The number of hydrogen-bond donors (Lipinski definition) is 2. The molecule has 3 N–H and O–H groups in total. The first-order valence-electron chi connectivity index (χ1n) is 16.7. The summed E-state index contributed by atoms with van der Waals surface area (Å²) in [6, 6.07) is 5.83. The summed E-state index contributed by atoms with van der Waals surface area (Å²) in [6.45, 7) is 12.0. The highest BCUT2D eigenvalue weighted by Crippen LogP contribution is 2.31. The number of carbonyl (C=O) groups is 2. The fourth-order valence-corrected chi connectivity index (χ4v) is 6.82. The molecule has 4 aromatic rings. The third-order valence-electron chi connectivity index (χ3n) is 8.68. The van der Waals surface area contributed by atoms with Crippen LogP contribution in [-0.4, -0.2) is 100 Å². The van der Waals surface area contributed by atoms with Gasteiger partial charge in [0.15, 0.2) is 11.9 Å². The van der Waals surface area contributed by atoms with Crippen molar-refractivity contribution in [2.75, 3.05) is 32.9 Å². The molecular weight excluding hydrogens is 652 g/mol. The van der Waals surface area contributed by atoms with E-state index in [1.807, 2.05) is 22.9 Å². The van der Waals surface area contributed by atoms with Crippen molar-refractivity contribution in [3.8, 4) is 11.4 Å². The molecule has 0 aliphatic carbocycles. The number of nitrogens with two attached hydrogens (primary N) is 1. The van der Waals surface area contributed by atoms with Gasteiger partial charge in [0, 0.05) is 57.0 Å². The van der Waals surface area contributed by atoms with Gasteiger partial charge < -0.3 is 34.7 Å². The second kappa shape index (κ2) is 14.6. The molecule has 2 aliphatic heterocycles. The minimum atomic E-state index is -1.29. The summed E-state index contributed by atoms with van der Waals surface area (Å²) >= 11 is 6.41. The molecule has 0 saturated carbocycles. The van der Waals surface area contributed by atoms with Crippen LogP contribution in [0.25, 0.3) is 33.5 Å². The van der Waals surface area contributed by atoms with Gasteiger partial charge in [0.2, 0.25) is 5.91 Å². The zero-order valence-electron chi connectivity index (χ0n) is 28.1. The van der Waals surface area contributed by atoms with E-state index in [0.29, 0.717) is 72.6 Å². The fraction of sp³-hybridized carbons (Fsp3) is 0.545. The third kappa shape index (κ3) is 7.90. The maximum absolute atomic E-state index is 13.7. The second-order valence-electron chi connectivity index (χ2n) is 13.9. The van der Waals surface area contributed by atoms with Crippen molar-refractivity contribution >= 4 is 53.6 Å². The lowest BCUT2D eigenvalue weighted by Gasteiger charge is -2.38. The number of carbonyl (C=O) groups excluding carboxylic acids is 2. The molecule has 2 saturated heterocycles. The minimum absolute atomic E-state index is 0.0292. The summed E-state index contributed by atoms with van der Waals surface area (Å²) in [5.41, 5.74) is 8.97. The highest BCUT2D eigenvalue weighted by atomic mass is 35.5. The Morgan fingerprint density at radius 1 is 1.21 bits per heavy atom. The lowest BCUT2D eigenvalue weighted by molar-refractivity contribution is -0.163. The van der Waals surface area contributed by atoms with Crippen LogP contribution in [0.4, 0.5) is 0 Å². The van der Waals surface area contributed by atoms with E-state index in [0.717, 1.165) is 36.2 Å². The Kier molecular flexibility index (Phi) is 10.5. The van der Waals surface area contributed by atoms with E-state index in [4.69, 9.17) is 46.6 Å². The molecule has 2 fully saturated rings. The molecule has 2 amide bonds. The topological polar surface area (TPSA) is 152 Å². The van der Waals surface area contributed by atoms with Gasteiger partial charge in [0.25, 0.3) is 5.91 Å². The number of nitrogens with zero attached hydrogens (tertiary/aromatic N) is 6. The van der Waals surface area contributed by atoms with E-state index in [1.54, 1.807) is 28.8 Å². The number of likely N-dealkylation sites (tertiary alicyclic amines) is 1. The van der Waals surface area contributed by atoms with Gasteiger partial charge in [-0.3, -0.25) is 14.3 Å². The molecule has 0 bridgehead atoms. The molecule has 6 rings (SSSR count). The first-order chi connectivity index (χ1) is 23.0. The maximum atomic E-state index is 13.7. The van der Waals surface area contributed by atoms with Crippen molar-refractivity contribution in [2.45, 2.75) is 83.5 Å². The zero-order chi connectivity index (χ0) is 34.0. The van der Waals surface area contributed by atoms with Gasteiger partial charge in [-0.2, -0.15) is 5.10 Å². The average Bonchev–Trinajstić information content (AvgIpc) is 3.59. The summed E-state index contributed by atoms with van der Waals surface area (Å²) in [7, 11) is -1.29. The van der Waals surface area contributed by atoms with Gasteiger partial charge in [-0.1, -0.05) is 31.2 Å². The van der Waals surface area contributed by atoms with Crippen LogP contribution in [0.2, 0.25) is 30.7 Å². The number of nitrogens with one attached hydrogen (secondary N) is 1. The Labute approximate surface area is 286 Å². The summed E-state index contributed by atoms with van der Waals surface area (Å²) in [5, 5.41) is 9.20. The molecule has 3 aromatic heterocycles. The van der Waals surface area contributed by atoms with Gasteiger partial charge >= 0.3 is 0 Å². The molecule has 258 valence electrons. The quantitative estimate of drug-likeness (QED) is 0.154. The van der Waals surface area contributed by atoms with Crippen molar-refractivity contribution in [3.63, 3.8) is 0 Å². The van der Waals surface area contributed by atoms with Crippen LogP contribution in [0.3, 0.4) is 0 Å². The van der Waals surface area contributed by atoms with Gasteiger partial charge in [0.05, 0.1) is 30.4 Å². The largest absolute Gasteiger partial charge is 0.361 e. The van der Waals surface area contributed by atoms with Gasteiger partial charge in [0.1, 0.15) is 29.7 Å².